The van der Waals surface area contributed by atoms with Gasteiger partial charge in [-0.15, -0.1) is 11.3 Å². The lowest BCUT2D eigenvalue weighted by Crippen LogP contribution is -2.48. The number of piperidine rings is 1. The van der Waals surface area contributed by atoms with Crippen LogP contribution in [-0.4, -0.2) is 45.0 Å². The molecule has 7 heteroatoms. The lowest BCUT2D eigenvalue weighted by atomic mass is 9.99. The van der Waals surface area contributed by atoms with E-state index in [4.69, 9.17) is 0 Å². The van der Waals surface area contributed by atoms with Gasteiger partial charge in [0.25, 0.3) is 0 Å². The lowest BCUT2D eigenvalue weighted by molar-refractivity contribution is -0.139. The van der Waals surface area contributed by atoms with Crippen LogP contribution in [0.15, 0.2) is 11.6 Å². The van der Waals surface area contributed by atoms with E-state index >= 15 is 0 Å². The molecule has 3 heterocycles. The summed E-state index contributed by atoms with van der Waals surface area (Å²) in [7, 11) is 0. The van der Waals surface area contributed by atoms with E-state index in [0.717, 1.165) is 12.8 Å². The predicted octanol–water partition coefficient (Wildman–Crippen LogP) is 0.986. The molecule has 20 heavy (non-hydrogen) atoms. The summed E-state index contributed by atoms with van der Waals surface area (Å²) in [5, 5.41) is 14.6. The monoisotopic (exact) mass is 295 g/mol. The van der Waals surface area contributed by atoms with Gasteiger partial charge in [0.15, 0.2) is 5.13 Å². The normalized spacial score (nSPS) is 28.4. The van der Waals surface area contributed by atoms with E-state index in [1.807, 2.05) is 4.90 Å². The van der Waals surface area contributed by atoms with E-state index in [0.29, 0.717) is 18.0 Å². The zero-order chi connectivity index (χ0) is 14.1. The Morgan fingerprint density at radius 3 is 2.70 bits per heavy atom. The number of aromatic nitrogens is 1. The third kappa shape index (κ3) is 2.69. The third-order valence-electron chi connectivity index (χ3n) is 3.99. The van der Waals surface area contributed by atoms with Crippen LogP contribution in [0.25, 0.3) is 0 Å². The minimum atomic E-state index is -0.324. The summed E-state index contributed by atoms with van der Waals surface area (Å²) in [5.41, 5.74) is 0. The first kappa shape index (κ1) is 13.5. The number of thiazole rings is 1. The number of carbonyl (C=O) groups is 2. The molecule has 2 fully saturated rings. The van der Waals surface area contributed by atoms with E-state index in [9.17, 15) is 14.7 Å². The Bertz CT molecular complexity index is 491. The summed E-state index contributed by atoms with van der Waals surface area (Å²) in [5.74, 6) is -0.464. The number of nitrogens with zero attached hydrogens (tertiary/aromatic N) is 2. The molecule has 0 aromatic carbocycles. The van der Waals surface area contributed by atoms with E-state index in [1.54, 1.807) is 11.6 Å². The highest BCUT2D eigenvalue weighted by Crippen LogP contribution is 2.36. The molecule has 1 aromatic heterocycles. The van der Waals surface area contributed by atoms with E-state index in [2.05, 4.69) is 10.3 Å². The summed E-state index contributed by atoms with van der Waals surface area (Å²) < 4.78 is 0. The van der Waals surface area contributed by atoms with Crippen molar-refractivity contribution in [3.8, 4) is 0 Å². The van der Waals surface area contributed by atoms with Crippen molar-refractivity contribution in [1.29, 1.82) is 0 Å². The predicted molar refractivity (Wildman–Crippen MR) is 74.3 cm³/mol. The SMILES string of the molecule is O=C(CC(=O)N1[C@@H]2CC[C@H]1CC(O)C2)Nc1nccs1. The molecule has 2 saturated heterocycles. The first-order valence-electron chi connectivity index (χ1n) is 6.82. The van der Waals surface area contributed by atoms with E-state index in [-0.39, 0.29) is 36.4 Å². The van der Waals surface area contributed by atoms with Crippen LogP contribution < -0.4 is 5.32 Å². The van der Waals surface area contributed by atoms with Crippen molar-refractivity contribution >= 4 is 28.3 Å². The van der Waals surface area contributed by atoms with Crippen molar-refractivity contribution in [2.75, 3.05) is 5.32 Å². The summed E-state index contributed by atoms with van der Waals surface area (Å²) >= 11 is 1.33. The number of hydrogen-bond acceptors (Lipinski definition) is 5. The molecule has 1 unspecified atom stereocenters. The minimum Gasteiger partial charge on any atom is -0.393 e. The maximum atomic E-state index is 12.3. The molecular weight excluding hydrogens is 278 g/mol. The first-order valence-corrected chi connectivity index (χ1v) is 7.70. The number of aliphatic hydroxyl groups excluding tert-OH is 1. The fourth-order valence-electron chi connectivity index (χ4n) is 3.23. The molecule has 0 radical (unpaired) electrons. The molecule has 3 rings (SSSR count). The van der Waals surface area contributed by atoms with Gasteiger partial charge in [-0.25, -0.2) is 4.98 Å². The van der Waals surface area contributed by atoms with Crippen LogP contribution in [0.2, 0.25) is 0 Å². The number of aliphatic hydroxyl groups is 1. The number of fused-ring (bicyclic) bond motifs is 2. The van der Waals surface area contributed by atoms with Crippen LogP contribution in [-0.2, 0) is 9.59 Å². The highest BCUT2D eigenvalue weighted by Gasteiger charge is 2.42. The number of rotatable bonds is 3. The van der Waals surface area contributed by atoms with Crippen molar-refractivity contribution in [3.05, 3.63) is 11.6 Å². The molecule has 2 N–H and O–H groups in total. The Hall–Kier alpha value is -1.47. The summed E-state index contributed by atoms with van der Waals surface area (Å²) in [6.45, 7) is 0. The van der Waals surface area contributed by atoms with Gasteiger partial charge in [-0.2, -0.15) is 0 Å². The Morgan fingerprint density at radius 2 is 2.10 bits per heavy atom. The van der Waals surface area contributed by atoms with E-state index in [1.165, 1.54) is 11.3 Å². The van der Waals surface area contributed by atoms with Crippen molar-refractivity contribution in [2.45, 2.75) is 50.3 Å². The van der Waals surface area contributed by atoms with Crippen molar-refractivity contribution in [2.24, 2.45) is 0 Å². The van der Waals surface area contributed by atoms with Crippen LogP contribution in [0.3, 0.4) is 0 Å². The fourth-order valence-corrected chi connectivity index (χ4v) is 3.78. The summed E-state index contributed by atoms with van der Waals surface area (Å²) in [6, 6.07) is 0.202. The average Bonchev–Trinajstić information content (AvgIpc) is 2.96. The van der Waals surface area contributed by atoms with Crippen LogP contribution in [0.5, 0.6) is 0 Å². The molecule has 6 nitrogen and oxygen atoms in total. The number of nitrogens with one attached hydrogen (secondary N) is 1. The molecule has 2 bridgehead atoms. The van der Waals surface area contributed by atoms with Gasteiger partial charge < -0.3 is 15.3 Å². The highest BCUT2D eigenvalue weighted by molar-refractivity contribution is 7.13. The molecule has 1 aromatic rings. The number of amides is 2. The molecule has 0 spiro atoms. The van der Waals surface area contributed by atoms with Crippen LogP contribution in [0.1, 0.15) is 32.1 Å². The zero-order valence-corrected chi connectivity index (χ0v) is 11.8. The lowest BCUT2D eigenvalue weighted by Gasteiger charge is -2.37. The molecule has 0 aliphatic carbocycles. The van der Waals surface area contributed by atoms with Gasteiger partial charge in [0.2, 0.25) is 11.8 Å². The molecule has 2 aliphatic rings. The quantitative estimate of drug-likeness (QED) is 0.815. The molecule has 108 valence electrons. The second-order valence-electron chi connectivity index (χ2n) is 5.37. The zero-order valence-electron chi connectivity index (χ0n) is 11.0. The first-order chi connectivity index (χ1) is 9.63. The Balaban J connectivity index is 1.58. The molecular formula is C13H17N3O3S. The molecule has 2 aliphatic heterocycles. The maximum absolute atomic E-state index is 12.3. The highest BCUT2D eigenvalue weighted by atomic mass is 32.1. The largest absolute Gasteiger partial charge is 0.393 e. The smallest absolute Gasteiger partial charge is 0.235 e. The van der Waals surface area contributed by atoms with Crippen molar-refractivity contribution in [3.63, 3.8) is 0 Å². The Morgan fingerprint density at radius 1 is 1.40 bits per heavy atom. The van der Waals surface area contributed by atoms with Crippen LogP contribution >= 0.6 is 11.3 Å². The Labute approximate surface area is 120 Å². The molecule has 0 saturated carbocycles. The minimum absolute atomic E-state index is 0.101. The van der Waals surface area contributed by atoms with E-state index < -0.39 is 0 Å². The van der Waals surface area contributed by atoms with Crippen LogP contribution in [0.4, 0.5) is 5.13 Å². The number of anilines is 1. The van der Waals surface area contributed by atoms with Crippen molar-refractivity contribution < 1.29 is 14.7 Å². The van der Waals surface area contributed by atoms with Gasteiger partial charge in [0, 0.05) is 23.7 Å². The Kier molecular flexibility index (Phi) is 3.71. The van der Waals surface area contributed by atoms with Gasteiger partial charge in [-0.05, 0) is 25.7 Å². The van der Waals surface area contributed by atoms with Crippen molar-refractivity contribution in [1.82, 2.24) is 9.88 Å². The second-order valence-corrected chi connectivity index (χ2v) is 6.27. The number of carbonyl (C=O) groups excluding carboxylic acids is 2. The van der Waals surface area contributed by atoms with Gasteiger partial charge in [0.05, 0.1) is 6.10 Å². The summed E-state index contributed by atoms with van der Waals surface area (Å²) in [6.07, 6.45) is 4.29. The topological polar surface area (TPSA) is 82.5 Å². The third-order valence-corrected chi connectivity index (χ3v) is 4.68. The average molecular weight is 295 g/mol. The fraction of sp³-hybridized carbons (Fsp3) is 0.615. The number of hydrogen-bond donors (Lipinski definition) is 2. The van der Waals surface area contributed by atoms with Gasteiger partial charge >= 0.3 is 0 Å². The molecule has 3 atom stereocenters. The maximum Gasteiger partial charge on any atom is 0.235 e. The van der Waals surface area contributed by atoms with Crippen LogP contribution in [0, 0.1) is 0 Å². The molecule has 2 amide bonds. The second kappa shape index (κ2) is 5.49. The van der Waals surface area contributed by atoms with Gasteiger partial charge in [-0.1, -0.05) is 0 Å². The standard InChI is InChI=1S/C13H17N3O3S/c17-10-5-8-1-2-9(6-10)16(8)12(19)7-11(18)15-13-14-3-4-20-13/h3-4,8-10,17H,1-2,5-7H2,(H,14,15,18)/t8-,9+,10?. The summed E-state index contributed by atoms with van der Waals surface area (Å²) in [4.78, 5) is 29.9. The van der Waals surface area contributed by atoms with Gasteiger partial charge in [0.1, 0.15) is 6.42 Å². The van der Waals surface area contributed by atoms with Gasteiger partial charge in [-0.3, -0.25) is 9.59 Å².